The zero-order valence-corrected chi connectivity index (χ0v) is 10.6. The van der Waals surface area contributed by atoms with Gasteiger partial charge in [0.25, 0.3) is 5.97 Å². The summed E-state index contributed by atoms with van der Waals surface area (Å²) >= 11 is 0. The average molecular weight is 214 g/mol. The van der Waals surface area contributed by atoms with Gasteiger partial charge >= 0.3 is 57.4 Å². The van der Waals surface area contributed by atoms with Crippen molar-refractivity contribution in [2.24, 2.45) is 0 Å². The van der Waals surface area contributed by atoms with Crippen LogP contribution in [0.3, 0.4) is 0 Å². The van der Waals surface area contributed by atoms with Crippen LogP contribution in [0.15, 0.2) is 0 Å². The van der Waals surface area contributed by atoms with Crippen LogP contribution in [0, 0.1) is 0 Å². The number of aliphatic carboxylic acids is 2. The summed E-state index contributed by atoms with van der Waals surface area (Å²) in [6.07, 6.45) is 0. The molecule has 0 fully saturated rings. The first-order valence-electron chi connectivity index (χ1n) is 3.40. The monoisotopic (exact) mass is 214 g/mol. The molecule has 0 amide bonds. The SMILES string of the molecule is O=C(O)C[N-]CCNCC(=O)O.[K+]. The first-order chi connectivity index (χ1) is 5.63. The summed E-state index contributed by atoms with van der Waals surface area (Å²) in [4.78, 5) is 19.9. The molecule has 0 heterocycles. The van der Waals surface area contributed by atoms with Crippen LogP contribution in [0.25, 0.3) is 5.32 Å². The molecule has 3 N–H and O–H groups in total. The number of carboxylic acids is 2. The topological polar surface area (TPSA) is 101 Å². The zero-order valence-electron chi connectivity index (χ0n) is 7.49. The minimum atomic E-state index is -0.978. The van der Waals surface area contributed by atoms with E-state index in [1.807, 2.05) is 0 Å². The van der Waals surface area contributed by atoms with Gasteiger partial charge in [-0.2, -0.15) is 0 Å². The molecule has 0 rings (SSSR count). The molecule has 70 valence electrons. The van der Waals surface area contributed by atoms with Gasteiger partial charge in [-0.25, -0.2) is 0 Å². The Balaban J connectivity index is 0. The standard InChI is InChI=1S/C6H11N2O4.K/c9-5(10)3-7-1-2-8-4-6(11)12;/h7H,1-4H2,(H,9,10)(H,11,12);/q-1;+1. The maximum atomic E-state index is 9.95. The number of nitrogens with one attached hydrogen (secondary N) is 1. The summed E-state index contributed by atoms with van der Waals surface area (Å²) in [7, 11) is 0. The normalized spacial score (nSPS) is 8.92. The van der Waals surface area contributed by atoms with E-state index in [-0.39, 0.29) is 64.5 Å². The van der Waals surface area contributed by atoms with Gasteiger partial charge in [-0.15, -0.1) is 6.54 Å². The predicted molar refractivity (Wildman–Crippen MR) is 41.2 cm³/mol. The maximum absolute atomic E-state index is 9.95. The molecule has 0 atom stereocenters. The van der Waals surface area contributed by atoms with E-state index >= 15 is 0 Å². The van der Waals surface area contributed by atoms with Crippen LogP contribution in [0.2, 0.25) is 0 Å². The van der Waals surface area contributed by atoms with Gasteiger partial charge in [0.05, 0.1) is 6.54 Å². The van der Waals surface area contributed by atoms with Crippen molar-refractivity contribution in [2.75, 3.05) is 26.2 Å². The fourth-order valence-electron chi connectivity index (χ4n) is 0.528. The van der Waals surface area contributed by atoms with Crippen molar-refractivity contribution in [1.29, 1.82) is 0 Å². The largest absolute Gasteiger partial charge is 1.00 e. The first-order valence-corrected chi connectivity index (χ1v) is 3.40. The van der Waals surface area contributed by atoms with E-state index in [9.17, 15) is 9.59 Å². The Morgan fingerprint density at radius 2 is 1.85 bits per heavy atom. The molecule has 0 aliphatic carbocycles. The Morgan fingerprint density at radius 1 is 1.23 bits per heavy atom. The minimum Gasteiger partial charge on any atom is -0.652 e. The average Bonchev–Trinajstić information content (AvgIpc) is 1.95. The Kier molecular flexibility index (Phi) is 13.0. The molecule has 6 nitrogen and oxygen atoms in total. The van der Waals surface area contributed by atoms with Gasteiger partial charge < -0.3 is 20.8 Å². The molecule has 0 unspecified atom stereocenters. The number of carbonyl (C=O) groups is 2. The van der Waals surface area contributed by atoms with Crippen molar-refractivity contribution in [1.82, 2.24) is 5.32 Å². The quantitative estimate of drug-likeness (QED) is 0.297. The molecule has 0 aliphatic heterocycles. The fraction of sp³-hybridized carbons (Fsp3) is 0.667. The molecule has 13 heavy (non-hydrogen) atoms. The van der Waals surface area contributed by atoms with Crippen molar-refractivity contribution in [2.45, 2.75) is 0 Å². The summed E-state index contributed by atoms with van der Waals surface area (Å²) in [5.41, 5.74) is 0. The van der Waals surface area contributed by atoms with E-state index in [0.29, 0.717) is 13.1 Å². The molecule has 0 aromatic rings. The summed E-state index contributed by atoms with van der Waals surface area (Å²) in [6.45, 7) is 0.358. The van der Waals surface area contributed by atoms with E-state index in [0.717, 1.165) is 0 Å². The molecular weight excluding hydrogens is 203 g/mol. The summed E-state index contributed by atoms with van der Waals surface area (Å²) in [6, 6.07) is 0. The summed E-state index contributed by atoms with van der Waals surface area (Å²) < 4.78 is 0. The second-order valence-electron chi connectivity index (χ2n) is 2.07. The Morgan fingerprint density at radius 3 is 2.31 bits per heavy atom. The third kappa shape index (κ3) is 15.3. The second-order valence-corrected chi connectivity index (χ2v) is 2.07. The third-order valence-electron chi connectivity index (χ3n) is 0.970. The molecule has 0 aliphatic rings. The number of rotatable bonds is 7. The Bertz CT molecular complexity index is 147. The molecule has 0 spiro atoms. The van der Waals surface area contributed by atoms with Crippen LogP contribution in [-0.2, 0) is 9.59 Å². The van der Waals surface area contributed by atoms with Gasteiger partial charge in [0.15, 0.2) is 0 Å². The predicted octanol–water partition coefficient (Wildman–Crippen LogP) is -3.88. The molecule has 0 saturated carbocycles. The molecule has 0 saturated heterocycles. The van der Waals surface area contributed by atoms with Gasteiger partial charge in [-0.1, -0.05) is 0 Å². The van der Waals surface area contributed by atoms with Crippen molar-refractivity contribution >= 4 is 11.9 Å². The van der Waals surface area contributed by atoms with Gasteiger partial charge in [0.1, 0.15) is 0 Å². The van der Waals surface area contributed by atoms with Crippen LogP contribution < -0.4 is 56.7 Å². The van der Waals surface area contributed by atoms with Gasteiger partial charge in [0, 0.05) is 0 Å². The molecule has 0 radical (unpaired) electrons. The van der Waals surface area contributed by atoms with Crippen LogP contribution in [-0.4, -0.2) is 48.3 Å². The third-order valence-corrected chi connectivity index (χ3v) is 0.970. The number of hydrogen-bond acceptors (Lipinski definition) is 3. The van der Waals surface area contributed by atoms with Gasteiger partial charge in [-0.05, 0) is 13.1 Å². The summed E-state index contributed by atoms with van der Waals surface area (Å²) in [5.74, 6) is -1.92. The molecule has 0 aromatic heterocycles. The van der Waals surface area contributed by atoms with E-state index in [1.165, 1.54) is 0 Å². The zero-order chi connectivity index (χ0) is 9.40. The Hall–Kier alpha value is 0.496. The van der Waals surface area contributed by atoms with E-state index in [4.69, 9.17) is 10.2 Å². The Labute approximate surface area is 118 Å². The van der Waals surface area contributed by atoms with Crippen LogP contribution in [0.5, 0.6) is 0 Å². The summed E-state index contributed by atoms with van der Waals surface area (Å²) in [5, 5.41) is 22.5. The number of carboxylic acid groups (broad SMARTS) is 2. The smallest absolute Gasteiger partial charge is 0.652 e. The fourth-order valence-corrected chi connectivity index (χ4v) is 0.528. The van der Waals surface area contributed by atoms with Gasteiger partial charge in [0.2, 0.25) is 0 Å². The van der Waals surface area contributed by atoms with Crippen molar-refractivity contribution in [3.63, 3.8) is 0 Å². The number of nitrogens with zero attached hydrogens (tertiary/aromatic N) is 1. The minimum absolute atomic E-state index is 0. The molecule has 0 aromatic carbocycles. The van der Waals surface area contributed by atoms with E-state index < -0.39 is 11.9 Å². The van der Waals surface area contributed by atoms with Crippen LogP contribution in [0.1, 0.15) is 0 Å². The van der Waals surface area contributed by atoms with Crippen molar-refractivity contribution in [3.8, 4) is 0 Å². The van der Waals surface area contributed by atoms with Crippen LogP contribution >= 0.6 is 0 Å². The molecule has 0 bridgehead atoms. The van der Waals surface area contributed by atoms with Crippen molar-refractivity contribution in [3.05, 3.63) is 5.32 Å². The number of hydrogen-bond donors (Lipinski definition) is 3. The molecule has 7 heteroatoms. The van der Waals surface area contributed by atoms with E-state index in [1.54, 1.807) is 0 Å². The maximum Gasteiger partial charge on any atom is 1.00 e. The van der Waals surface area contributed by atoms with E-state index in [2.05, 4.69) is 10.6 Å². The first kappa shape index (κ1) is 15.9. The second kappa shape index (κ2) is 10.6. The molecular formula is C6H11KN2O4. The van der Waals surface area contributed by atoms with Crippen LogP contribution in [0.4, 0.5) is 0 Å². The van der Waals surface area contributed by atoms with Crippen molar-refractivity contribution < 1.29 is 71.2 Å². The van der Waals surface area contributed by atoms with Gasteiger partial charge in [-0.3, -0.25) is 9.59 Å².